The Kier molecular flexibility index (Phi) is 1.24. The second-order valence-corrected chi connectivity index (χ2v) is 3.42. The van der Waals surface area contributed by atoms with Crippen LogP contribution >= 0.6 is 11.3 Å². The standard InChI is InChI=1S/C9H7S/c1-7-6-8-4-2-3-5-9(8)10-7/h2-6H,1H2. The maximum Gasteiger partial charge on any atom is 0.0345 e. The van der Waals surface area contributed by atoms with Gasteiger partial charge in [-0.15, -0.1) is 11.3 Å². The molecule has 0 saturated heterocycles. The summed E-state index contributed by atoms with van der Waals surface area (Å²) in [5.41, 5.74) is 0. The van der Waals surface area contributed by atoms with Gasteiger partial charge >= 0.3 is 0 Å². The molecule has 0 amide bonds. The summed E-state index contributed by atoms with van der Waals surface area (Å²) in [6, 6.07) is 10.4. The van der Waals surface area contributed by atoms with Gasteiger partial charge in [-0.1, -0.05) is 18.2 Å². The van der Waals surface area contributed by atoms with Crippen molar-refractivity contribution in [2.24, 2.45) is 0 Å². The Balaban J connectivity index is 2.88. The molecular formula is C9H7S. The van der Waals surface area contributed by atoms with Crippen molar-refractivity contribution >= 4 is 21.4 Å². The zero-order chi connectivity index (χ0) is 6.97. The van der Waals surface area contributed by atoms with Crippen molar-refractivity contribution in [2.45, 2.75) is 0 Å². The Morgan fingerprint density at radius 2 is 2.00 bits per heavy atom. The molecule has 1 aromatic heterocycles. The summed E-state index contributed by atoms with van der Waals surface area (Å²) < 4.78 is 1.33. The van der Waals surface area contributed by atoms with Crippen LogP contribution in [-0.4, -0.2) is 0 Å². The molecule has 0 aliphatic carbocycles. The van der Waals surface area contributed by atoms with Crippen LogP contribution in [0.1, 0.15) is 4.88 Å². The predicted octanol–water partition coefficient (Wildman–Crippen LogP) is 3.08. The summed E-state index contributed by atoms with van der Waals surface area (Å²) in [6.07, 6.45) is 0. The van der Waals surface area contributed by atoms with E-state index in [1.54, 1.807) is 11.3 Å². The normalized spacial score (nSPS) is 10.5. The third kappa shape index (κ3) is 0.830. The lowest BCUT2D eigenvalue weighted by atomic mass is 10.2. The molecule has 0 aliphatic heterocycles. The number of benzene rings is 1. The largest absolute Gasteiger partial charge is 0.140 e. The van der Waals surface area contributed by atoms with Gasteiger partial charge in [-0.05, 0) is 24.4 Å². The molecule has 0 atom stereocenters. The first kappa shape index (κ1) is 5.93. The van der Waals surface area contributed by atoms with Crippen molar-refractivity contribution in [1.82, 2.24) is 0 Å². The van der Waals surface area contributed by atoms with E-state index in [2.05, 4.69) is 37.3 Å². The van der Waals surface area contributed by atoms with E-state index in [1.807, 2.05) is 0 Å². The second-order valence-electron chi connectivity index (χ2n) is 2.25. The van der Waals surface area contributed by atoms with E-state index in [-0.39, 0.29) is 0 Å². The molecule has 1 radical (unpaired) electrons. The van der Waals surface area contributed by atoms with Crippen LogP contribution in [0.4, 0.5) is 0 Å². The second kappa shape index (κ2) is 2.10. The van der Waals surface area contributed by atoms with Crippen LogP contribution in [0.5, 0.6) is 0 Å². The van der Waals surface area contributed by atoms with Gasteiger partial charge in [0.05, 0.1) is 0 Å². The molecule has 0 unspecified atom stereocenters. The summed E-state index contributed by atoms with van der Waals surface area (Å²) in [6.45, 7) is 3.88. The van der Waals surface area contributed by atoms with Crippen molar-refractivity contribution in [3.05, 3.63) is 42.1 Å². The average molecular weight is 147 g/mol. The van der Waals surface area contributed by atoms with Gasteiger partial charge in [-0.3, -0.25) is 0 Å². The smallest absolute Gasteiger partial charge is 0.0345 e. The highest BCUT2D eigenvalue weighted by Gasteiger charge is 1.93. The molecule has 10 heavy (non-hydrogen) atoms. The van der Waals surface area contributed by atoms with Gasteiger partial charge in [0.2, 0.25) is 0 Å². The van der Waals surface area contributed by atoms with E-state index in [4.69, 9.17) is 0 Å². The number of rotatable bonds is 0. The van der Waals surface area contributed by atoms with Gasteiger partial charge in [0, 0.05) is 9.58 Å². The van der Waals surface area contributed by atoms with E-state index in [0.29, 0.717) is 0 Å². The van der Waals surface area contributed by atoms with Gasteiger partial charge in [-0.2, -0.15) is 0 Å². The topological polar surface area (TPSA) is 0 Å². The van der Waals surface area contributed by atoms with E-state index in [9.17, 15) is 0 Å². The minimum absolute atomic E-state index is 1.14. The molecule has 49 valence electrons. The Bertz CT molecular complexity index is 313. The maximum atomic E-state index is 3.88. The van der Waals surface area contributed by atoms with E-state index < -0.39 is 0 Å². The van der Waals surface area contributed by atoms with Gasteiger partial charge in [0.25, 0.3) is 0 Å². The third-order valence-electron chi connectivity index (χ3n) is 1.48. The molecule has 1 heterocycles. The van der Waals surface area contributed by atoms with Gasteiger partial charge in [0.1, 0.15) is 0 Å². The molecule has 0 aliphatic rings. The van der Waals surface area contributed by atoms with Crippen molar-refractivity contribution in [3.63, 3.8) is 0 Å². The van der Waals surface area contributed by atoms with Crippen LogP contribution in [0, 0.1) is 6.92 Å². The summed E-state index contributed by atoms with van der Waals surface area (Å²) in [5.74, 6) is 0. The first-order chi connectivity index (χ1) is 4.86. The lowest BCUT2D eigenvalue weighted by Gasteiger charge is -1.82. The van der Waals surface area contributed by atoms with E-state index >= 15 is 0 Å². The summed E-state index contributed by atoms with van der Waals surface area (Å²) in [7, 11) is 0. The lowest BCUT2D eigenvalue weighted by molar-refractivity contribution is 1.84. The zero-order valence-electron chi connectivity index (χ0n) is 5.50. The molecule has 1 heteroatoms. The summed E-state index contributed by atoms with van der Waals surface area (Å²) in [4.78, 5) is 1.14. The Hall–Kier alpha value is -0.820. The van der Waals surface area contributed by atoms with Crippen molar-refractivity contribution < 1.29 is 0 Å². The van der Waals surface area contributed by atoms with E-state index in [1.165, 1.54) is 10.1 Å². The predicted molar refractivity (Wildman–Crippen MR) is 46.3 cm³/mol. The molecule has 1 aromatic carbocycles. The SMILES string of the molecule is [CH2]c1cc2ccccc2s1. The quantitative estimate of drug-likeness (QED) is 0.537. The number of fused-ring (bicyclic) bond motifs is 1. The lowest BCUT2D eigenvalue weighted by Crippen LogP contribution is -1.56. The van der Waals surface area contributed by atoms with Crippen molar-refractivity contribution in [1.29, 1.82) is 0 Å². The van der Waals surface area contributed by atoms with Crippen LogP contribution in [0.3, 0.4) is 0 Å². The Labute approximate surface area is 64.1 Å². The molecule has 0 saturated carbocycles. The van der Waals surface area contributed by atoms with Crippen LogP contribution < -0.4 is 0 Å². The number of hydrogen-bond donors (Lipinski definition) is 0. The van der Waals surface area contributed by atoms with Crippen LogP contribution in [0.25, 0.3) is 10.1 Å². The average Bonchev–Trinajstić information content (AvgIpc) is 2.27. The maximum absolute atomic E-state index is 3.88. The molecular weight excluding hydrogens is 140 g/mol. The first-order valence-corrected chi connectivity index (χ1v) is 3.98. The Morgan fingerprint density at radius 3 is 2.80 bits per heavy atom. The summed E-state index contributed by atoms with van der Waals surface area (Å²) in [5, 5.41) is 1.30. The van der Waals surface area contributed by atoms with Crippen LogP contribution in [0.15, 0.2) is 30.3 Å². The Morgan fingerprint density at radius 1 is 1.20 bits per heavy atom. The van der Waals surface area contributed by atoms with Crippen molar-refractivity contribution in [3.8, 4) is 0 Å². The monoisotopic (exact) mass is 147 g/mol. The fraction of sp³-hybridized carbons (Fsp3) is 0. The molecule has 0 nitrogen and oxygen atoms in total. The van der Waals surface area contributed by atoms with E-state index in [0.717, 1.165) is 4.88 Å². The van der Waals surface area contributed by atoms with Crippen LogP contribution in [0.2, 0.25) is 0 Å². The van der Waals surface area contributed by atoms with Gasteiger partial charge in [-0.25, -0.2) is 0 Å². The molecule has 0 N–H and O–H groups in total. The molecule has 2 aromatic rings. The van der Waals surface area contributed by atoms with Crippen molar-refractivity contribution in [2.75, 3.05) is 0 Å². The highest BCUT2D eigenvalue weighted by Crippen LogP contribution is 2.23. The van der Waals surface area contributed by atoms with Gasteiger partial charge < -0.3 is 0 Å². The highest BCUT2D eigenvalue weighted by atomic mass is 32.1. The third-order valence-corrected chi connectivity index (χ3v) is 2.45. The fourth-order valence-electron chi connectivity index (χ4n) is 1.04. The number of thiophene rings is 1. The number of hydrogen-bond acceptors (Lipinski definition) is 1. The minimum atomic E-state index is 1.14. The minimum Gasteiger partial charge on any atom is -0.140 e. The molecule has 0 bridgehead atoms. The highest BCUT2D eigenvalue weighted by molar-refractivity contribution is 7.19. The first-order valence-electron chi connectivity index (χ1n) is 3.17. The van der Waals surface area contributed by atoms with Gasteiger partial charge in [0.15, 0.2) is 0 Å². The van der Waals surface area contributed by atoms with Crippen LogP contribution in [-0.2, 0) is 0 Å². The molecule has 2 rings (SSSR count). The zero-order valence-corrected chi connectivity index (χ0v) is 6.32. The fourth-order valence-corrected chi connectivity index (χ4v) is 1.90. The summed E-state index contributed by atoms with van der Waals surface area (Å²) >= 11 is 1.74. The molecule has 0 fully saturated rings. The molecule has 0 spiro atoms.